The number of nitrogens with one attached hydrogen (secondary N) is 2. The van der Waals surface area contributed by atoms with Crippen molar-refractivity contribution in [2.45, 2.75) is 18.9 Å². The van der Waals surface area contributed by atoms with Crippen molar-refractivity contribution in [2.75, 3.05) is 18.4 Å². The number of nitrogens with zero attached hydrogens (tertiary/aromatic N) is 3. The van der Waals surface area contributed by atoms with Gasteiger partial charge >= 0.3 is 0 Å². The van der Waals surface area contributed by atoms with E-state index < -0.39 is 5.91 Å². The van der Waals surface area contributed by atoms with Gasteiger partial charge in [0.2, 0.25) is 0 Å². The maximum Gasteiger partial charge on any atom is 0.273 e. The highest BCUT2D eigenvalue weighted by Crippen LogP contribution is 2.18. The largest absolute Gasteiger partial charge is 0.348 e. The molecular formula is C22H21N5O3S. The molecule has 4 rings (SSSR count). The fourth-order valence-electron chi connectivity index (χ4n) is 3.40. The zero-order valence-corrected chi connectivity index (χ0v) is 17.5. The highest BCUT2D eigenvalue weighted by molar-refractivity contribution is 7.12. The Labute approximate surface area is 183 Å². The van der Waals surface area contributed by atoms with Gasteiger partial charge in [0.1, 0.15) is 0 Å². The molecule has 0 bridgehead atoms. The van der Waals surface area contributed by atoms with Crippen LogP contribution in [0, 0.1) is 0 Å². The predicted octanol–water partition coefficient (Wildman–Crippen LogP) is 2.83. The summed E-state index contributed by atoms with van der Waals surface area (Å²) in [5.41, 5.74) is 0.520. The first-order chi connectivity index (χ1) is 15.1. The van der Waals surface area contributed by atoms with Crippen LogP contribution in [-0.2, 0) is 0 Å². The fraction of sp³-hybridized carbons (Fsp3) is 0.227. The van der Waals surface area contributed by atoms with Crippen LogP contribution in [0.25, 0.3) is 0 Å². The number of carbonyl (C=O) groups is 3. The van der Waals surface area contributed by atoms with Crippen LogP contribution < -0.4 is 10.6 Å². The van der Waals surface area contributed by atoms with E-state index in [0.717, 1.165) is 4.88 Å². The van der Waals surface area contributed by atoms with Gasteiger partial charge in [-0.25, -0.2) is 9.97 Å². The summed E-state index contributed by atoms with van der Waals surface area (Å²) in [6.45, 7) is 1.14. The van der Waals surface area contributed by atoms with Crippen LogP contribution in [0.4, 0.5) is 5.82 Å². The molecule has 1 aliphatic rings. The lowest BCUT2D eigenvalue weighted by Crippen LogP contribution is -2.46. The van der Waals surface area contributed by atoms with Crippen LogP contribution in [-0.4, -0.2) is 51.7 Å². The maximum absolute atomic E-state index is 12.8. The summed E-state index contributed by atoms with van der Waals surface area (Å²) >= 11 is 1.43. The topological polar surface area (TPSA) is 104 Å². The van der Waals surface area contributed by atoms with Crippen molar-refractivity contribution in [1.29, 1.82) is 0 Å². The molecule has 1 aromatic carbocycles. The molecule has 3 amide bonds. The van der Waals surface area contributed by atoms with Crippen molar-refractivity contribution >= 4 is 34.9 Å². The molecule has 3 heterocycles. The van der Waals surface area contributed by atoms with Gasteiger partial charge in [-0.05, 0) is 36.4 Å². The number of amides is 3. The molecule has 0 atom stereocenters. The number of likely N-dealkylation sites (tertiary alicyclic amines) is 1. The fourth-order valence-corrected chi connectivity index (χ4v) is 4.09. The number of hydrogen-bond donors (Lipinski definition) is 2. The molecule has 0 saturated carbocycles. The van der Waals surface area contributed by atoms with Gasteiger partial charge in [0.15, 0.2) is 11.5 Å². The highest BCUT2D eigenvalue weighted by atomic mass is 32.1. The maximum atomic E-state index is 12.8. The SMILES string of the molecule is O=C(Nc1nccnc1C(=O)NC1CCN(C(=O)c2cccs2)CC1)c1ccccc1. The van der Waals surface area contributed by atoms with Gasteiger partial charge in [0.25, 0.3) is 17.7 Å². The summed E-state index contributed by atoms with van der Waals surface area (Å²) in [5.74, 6) is -0.631. The molecular weight excluding hydrogens is 414 g/mol. The summed E-state index contributed by atoms with van der Waals surface area (Å²) in [4.78, 5) is 48.5. The van der Waals surface area contributed by atoms with E-state index in [4.69, 9.17) is 0 Å². The average Bonchev–Trinajstić information content (AvgIpc) is 3.35. The molecule has 1 saturated heterocycles. The van der Waals surface area contributed by atoms with Gasteiger partial charge in [-0.15, -0.1) is 11.3 Å². The Hall–Kier alpha value is -3.59. The van der Waals surface area contributed by atoms with Gasteiger partial charge in [0, 0.05) is 37.1 Å². The monoisotopic (exact) mass is 435 g/mol. The van der Waals surface area contributed by atoms with Gasteiger partial charge in [-0.2, -0.15) is 0 Å². The molecule has 0 spiro atoms. The lowest BCUT2D eigenvalue weighted by atomic mass is 10.0. The van der Waals surface area contributed by atoms with Crippen molar-refractivity contribution in [3.8, 4) is 0 Å². The first-order valence-electron chi connectivity index (χ1n) is 9.93. The van der Waals surface area contributed by atoms with Crippen LogP contribution >= 0.6 is 11.3 Å². The van der Waals surface area contributed by atoms with Crippen molar-refractivity contribution in [1.82, 2.24) is 20.2 Å². The smallest absolute Gasteiger partial charge is 0.273 e. The van der Waals surface area contributed by atoms with Crippen molar-refractivity contribution < 1.29 is 14.4 Å². The van der Waals surface area contributed by atoms with E-state index in [1.807, 2.05) is 28.5 Å². The minimum atomic E-state index is -0.403. The van der Waals surface area contributed by atoms with Crippen molar-refractivity contribution in [3.05, 3.63) is 76.4 Å². The average molecular weight is 436 g/mol. The van der Waals surface area contributed by atoms with Crippen LogP contribution in [0.15, 0.2) is 60.2 Å². The summed E-state index contributed by atoms with van der Waals surface area (Å²) in [7, 11) is 0. The Kier molecular flexibility index (Phi) is 6.32. The molecule has 2 N–H and O–H groups in total. The van der Waals surface area contributed by atoms with Crippen LogP contribution in [0.3, 0.4) is 0 Å². The number of benzene rings is 1. The Morgan fingerprint density at radius 2 is 1.68 bits per heavy atom. The van der Waals surface area contributed by atoms with E-state index >= 15 is 0 Å². The molecule has 158 valence electrons. The second-order valence-electron chi connectivity index (χ2n) is 7.09. The molecule has 0 radical (unpaired) electrons. The number of hydrogen-bond acceptors (Lipinski definition) is 6. The van der Waals surface area contributed by atoms with Crippen molar-refractivity contribution in [2.24, 2.45) is 0 Å². The van der Waals surface area contributed by atoms with E-state index in [1.165, 1.54) is 23.7 Å². The van der Waals surface area contributed by atoms with E-state index in [2.05, 4.69) is 20.6 Å². The quantitative estimate of drug-likeness (QED) is 0.641. The molecule has 1 fully saturated rings. The molecule has 0 aliphatic carbocycles. The standard InChI is InChI=1S/C22H21N5O3S/c28-20(15-5-2-1-3-6-15)26-19-18(23-10-11-24-19)21(29)25-16-8-12-27(13-9-16)22(30)17-7-4-14-31-17/h1-7,10-11,14,16H,8-9,12-13H2,(H,25,29)(H,24,26,28). The number of carbonyl (C=O) groups excluding carboxylic acids is 3. The van der Waals surface area contributed by atoms with E-state index in [0.29, 0.717) is 31.5 Å². The zero-order chi connectivity index (χ0) is 21.6. The van der Waals surface area contributed by atoms with E-state index in [9.17, 15) is 14.4 Å². The summed E-state index contributed by atoms with van der Waals surface area (Å²) in [6, 6.07) is 12.3. The van der Waals surface area contributed by atoms with E-state index in [1.54, 1.807) is 24.3 Å². The first kappa shape index (κ1) is 20.7. The molecule has 8 nitrogen and oxygen atoms in total. The second-order valence-corrected chi connectivity index (χ2v) is 8.04. The van der Waals surface area contributed by atoms with Gasteiger partial charge in [0.05, 0.1) is 4.88 Å². The Bertz CT molecular complexity index is 1060. The van der Waals surface area contributed by atoms with Crippen LogP contribution in [0.2, 0.25) is 0 Å². The lowest BCUT2D eigenvalue weighted by Gasteiger charge is -2.32. The third kappa shape index (κ3) is 4.95. The number of aromatic nitrogens is 2. The van der Waals surface area contributed by atoms with E-state index in [-0.39, 0.29) is 29.4 Å². The highest BCUT2D eigenvalue weighted by Gasteiger charge is 2.26. The number of rotatable bonds is 5. The number of anilines is 1. The Morgan fingerprint density at radius 3 is 2.39 bits per heavy atom. The third-order valence-corrected chi connectivity index (χ3v) is 5.89. The van der Waals surface area contributed by atoms with Gasteiger partial charge in [-0.1, -0.05) is 24.3 Å². The predicted molar refractivity (Wildman–Crippen MR) is 117 cm³/mol. The second kappa shape index (κ2) is 9.48. The molecule has 31 heavy (non-hydrogen) atoms. The minimum Gasteiger partial charge on any atom is -0.348 e. The van der Waals surface area contributed by atoms with Gasteiger partial charge < -0.3 is 15.5 Å². The minimum absolute atomic E-state index is 0.0274. The van der Waals surface area contributed by atoms with Gasteiger partial charge in [-0.3, -0.25) is 14.4 Å². The summed E-state index contributed by atoms with van der Waals surface area (Å²) < 4.78 is 0. The Balaban J connectivity index is 1.36. The van der Waals surface area contributed by atoms with Crippen LogP contribution in [0.5, 0.6) is 0 Å². The molecule has 2 aromatic heterocycles. The van der Waals surface area contributed by atoms with Crippen LogP contribution in [0.1, 0.15) is 43.4 Å². The normalized spacial score (nSPS) is 14.1. The summed E-state index contributed by atoms with van der Waals surface area (Å²) in [5, 5.41) is 7.50. The summed E-state index contributed by atoms with van der Waals surface area (Å²) in [6.07, 6.45) is 4.13. The Morgan fingerprint density at radius 1 is 0.935 bits per heavy atom. The molecule has 9 heteroatoms. The lowest BCUT2D eigenvalue weighted by molar-refractivity contribution is 0.0702. The first-order valence-corrected chi connectivity index (χ1v) is 10.8. The third-order valence-electron chi connectivity index (χ3n) is 5.03. The number of thiophene rings is 1. The molecule has 3 aromatic rings. The zero-order valence-electron chi connectivity index (χ0n) is 16.7. The van der Waals surface area contributed by atoms with Crippen molar-refractivity contribution in [3.63, 3.8) is 0 Å². The molecule has 0 unspecified atom stereocenters. The molecule has 1 aliphatic heterocycles. The number of piperidine rings is 1.